The normalized spacial score (nSPS) is 22.6. The van der Waals surface area contributed by atoms with E-state index >= 15 is 0 Å². The lowest BCUT2D eigenvalue weighted by molar-refractivity contribution is -0.127. The van der Waals surface area contributed by atoms with E-state index in [1.165, 1.54) is 0 Å². The summed E-state index contributed by atoms with van der Waals surface area (Å²) in [6, 6.07) is 0. The molecule has 0 saturated heterocycles. The molecule has 1 aliphatic rings. The highest BCUT2D eigenvalue weighted by atomic mass is 16.3. The van der Waals surface area contributed by atoms with Crippen molar-refractivity contribution >= 4 is 5.78 Å². The molecule has 1 N–H and O–H groups in total. The number of carbonyl (C=O) groups excluding carboxylic acids is 1. The van der Waals surface area contributed by atoms with E-state index in [1.807, 2.05) is 13.8 Å². The predicted molar refractivity (Wildman–Crippen MR) is 89.4 cm³/mol. The Hall–Kier alpha value is -0.790. The molecule has 0 aromatic heterocycles. The third kappa shape index (κ3) is 3.70. The van der Waals surface area contributed by atoms with Crippen LogP contribution in [0.2, 0.25) is 0 Å². The van der Waals surface area contributed by atoms with Crippen molar-refractivity contribution in [3.05, 3.63) is 11.3 Å². The van der Waals surface area contributed by atoms with E-state index in [9.17, 15) is 9.90 Å². The molecule has 0 amide bonds. The number of allylic oxidation sites excluding steroid dienone is 2. The first kappa shape index (κ1) is 18.3. The van der Waals surface area contributed by atoms with Crippen molar-refractivity contribution in [1.82, 2.24) is 0 Å². The molecular formula is C19H34O2. The van der Waals surface area contributed by atoms with Crippen molar-refractivity contribution < 1.29 is 9.90 Å². The number of aliphatic hydroxyl groups excluding tert-OH is 1. The fraction of sp³-hybridized carbons (Fsp3) is 0.842. The Labute approximate surface area is 131 Å². The predicted octanol–water partition coefficient (Wildman–Crippen LogP) is 5.82. The zero-order chi connectivity index (χ0) is 16.5. The average molecular weight is 294 g/mol. The van der Waals surface area contributed by atoms with Crippen molar-refractivity contribution in [2.45, 2.75) is 87.0 Å². The first-order valence-corrected chi connectivity index (χ1v) is 8.46. The summed E-state index contributed by atoms with van der Waals surface area (Å²) in [5.74, 6) is 0.465. The van der Waals surface area contributed by atoms with Gasteiger partial charge in [0.05, 0.1) is 0 Å². The molecule has 0 aromatic rings. The second-order valence-corrected chi connectivity index (χ2v) is 8.30. The van der Waals surface area contributed by atoms with E-state index in [0.29, 0.717) is 16.7 Å². The fourth-order valence-corrected chi connectivity index (χ4v) is 3.30. The van der Waals surface area contributed by atoms with E-state index in [4.69, 9.17) is 0 Å². The maximum absolute atomic E-state index is 12.9. The SMILES string of the molecule is CCC(C)(CC)C(O)=C(C)C(=O)C1(C)CCC(C)(C)CC1. The molecular weight excluding hydrogens is 260 g/mol. The average Bonchev–Trinajstić information content (AvgIpc) is 2.47. The van der Waals surface area contributed by atoms with Crippen LogP contribution in [0.1, 0.15) is 87.0 Å². The Morgan fingerprint density at radius 1 is 1.05 bits per heavy atom. The molecule has 0 aliphatic heterocycles. The zero-order valence-electron chi connectivity index (χ0n) is 15.1. The Morgan fingerprint density at radius 3 is 1.86 bits per heavy atom. The third-order valence-electron chi connectivity index (χ3n) is 6.08. The molecule has 1 saturated carbocycles. The topological polar surface area (TPSA) is 37.3 Å². The molecule has 1 rings (SSSR count). The molecule has 0 aromatic carbocycles. The van der Waals surface area contributed by atoms with Gasteiger partial charge in [-0.1, -0.05) is 41.5 Å². The van der Waals surface area contributed by atoms with Gasteiger partial charge >= 0.3 is 0 Å². The van der Waals surface area contributed by atoms with Crippen LogP contribution in [0.5, 0.6) is 0 Å². The van der Waals surface area contributed by atoms with Crippen LogP contribution < -0.4 is 0 Å². The smallest absolute Gasteiger partial charge is 0.167 e. The molecule has 0 heterocycles. The number of rotatable bonds is 5. The van der Waals surface area contributed by atoms with Gasteiger partial charge in [-0.15, -0.1) is 0 Å². The van der Waals surface area contributed by atoms with Gasteiger partial charge in [-0.2, -0.15) is 0 Å². The summed E-state index contributed by atoms with van der Waals surface area (Å²) in [6.07, 6.45) is 5.73. The standard InChI is InChI=1S/C19H34O2/c1-8-18(6,9-2)15(20)14(3)16(21)19(7)12-10-17(4,5)11-13-19/h20H,8-13H2,1-7H3. The van der Waals surface area contributed by atoms with Gasteiger partial charge in [0, 0.05) is 16.4 Å². The maximum atomic E-state index is 12.9. The summed E-state index contributed by atoms with van der Waals surface area (Å²) >= 11 is 0. The number of carbonyl (C=O) groups is 1. The first-order chi connectivity index (χ1) is 9.51. The molecule has 0 spiro atoms. The summed E-state index contributed by atoms with van der Waals surface area (Å²) in [6.45, 7) is 14.6. The summed E-state index contributed by atoms with van der Waals surface area (Å²) in [5, 5.41) is 10.6. The summed E-state index contributed by atoms with van der Waals surface area (Å²) < 4.78 is 0. The molecule has 0 radical (unpaired) electrons. The van der Waals surface area contributed by atoms with Crippen LogP contribution in [0.25, 0.3) is 0 Å². The van der Waals surface area contributed by atoms with Crippen molar-refractivity contribution in [3.63, 3.8) is 0 Å². The third-order valence-corrected chi connectivity index (χ3v) is 6.08. The summed E-state index contributed by atoms with van der Waals surface area (Å²) in [5.41, 5.74) is 0.365. The molecule has 0 unspecified atom stereocenters. The van der Waals surface area contributed by atoms with Crippen molar-refractivity contribution in [3.8, 4) is 0 Å². The molecule has 122 valence electrons. The van der Waals surface area contributed by atoms with Gasteiger partial charge in [0.1, 0.15) is 5.76 Å². The second kappa shape index (κ2) is 6.14. The highest BCUT2D eigenvalue weighted by Gasteiger charge is 2.42. The Morgan fingerprint density at radius 2 is 1.48 bits per heavy atom. The second-order valence-electron chi connectivity index (χ2n) is 8.30. The molecule has 0 bridgehead atoms. The van der Waals surface area contributed by atoms with Gasteiger partial charge in [-0.05, 0) is 50.9 Å². The Kier molecular flexibility index (Phi) is 5.34. The Balaban J connectivity index is 3.02. The van der Waals surface area contributed by atoms with Gasteiger partial charge in [0.25, 0.3) is 0 Å². The van der Waals surface area contributed by atoms with E-state index in [-0.39, 0.29) is 16.6 Å². The quantitative estimate of drug-likeness (QED) is 0.512. The van der Waals surface area contributed by atoms with Crippen LogP contribution >= 0.6 is 0 Å². The monoisotopic (exact) mass is 294 g/mol. The minimum atomic E-state index is -0.296. The molecule has 21 heavy (non-hydrogen) atoms. The van der Waals surface area contributed by atoms with Gasteiger partial charge in [-0.3, -0.25) is 4.79 Å². The van der Waals surface area contributed by atoms with Crippen LogP contribution in [0.4, 0.5) is 0 Å². The number of aliphatic hydroxyl groups is 1. The van der Waals surface area contributed by atoms with Crippen LogP contribution in [-0.4, -0.2) is 10.9 Å². The minimum absolute atomic E-state index is 0.156. The first-order valence-electron chi connectivity index (χ1n) is 8.46. The number of Topliss-reactive ketones (excluding diaryl/α,β-unsaturated/α-hetero) is 1. The minimum Gasteiger partial charge on any atom is -0.511 e. The largest absolute Gasteiger partial charge is 0.511 e. The highest BCUT2D eigenvalue weighted by molar-refractivity contribution is 5.99. The zero-order valence-corrected chi connectivity index (χ0v) is 15.1. The summed E-state index contributed by atoms with van der Waals surface area (Å²) in [7, 11) is 0. The van der Waals surface area contributed by atoms with Crippen LogP contribution in [0, 0.1) is 16.2 Å². The molecule has 1 aliphatic carbocycles. The van der Waals surface area contributed by atoms with Gasteiger partial charge in [-0.25, -0.2) is 0 Å². The van der Waals surface area contributed by atoms with Crippen LogP contribution in [0.15, 0.2) is 11.3 Å². The lowest BCUT2D eigenvalue weighted by Gasteiger charge is -2.41. The van der Waals surface area contributed by atoms with E-state index < -0.39 is 0 Å². The maximum Gasteiger partial charge on any atom is 0.167 e. The summed E-state index contributed by atoms with van der Waals surface area (Å²) in [4.78, 5) is 12.9. The number of hydrogen-bond acceptors (Lipinski definition) is 2. The van der Waals surface area contributed by atoms with Crippen molar-refractivity contribution in [2.24, 2.45) is 16.2 Å². The number of hydrogen-bond donors (Lipinski definition) is 1. The van der Waals surface area contributed by atoms with Crippen LogP contribution in [-0.2, 0) is 4.79 Å². The van der Waals surface area contributed by atoms with E-state index in [1.54, 1.807) is 0 Å². The lowest BCUT2D eigenvalue weighted by Crippen LogP contribution is -2.37. The van der Waals surface area contributed by atoms with Gasteiger partial charge in [0.2, 0.25) is 0 Å². The van der Waals surface area contributed by atoms with E-state index in [0.717, 1.165) is 38.5 Å². The van der Waals surface area contributed by atoms with E-state index in [2.05, 4.69) is 34.6 Å². The molecule has 2 heteroatoms. The lowest BCUT2D eigenvalue weighted by atomic mass is 9.63. The Bertz CT molecular complexity index is 415. The van der Waals surface area contributed by atoms with Crippen LogP contribution in [0.3, 0.4) is 0 Å². The van der Waals surface area contributed by atoms with Crippen molar-refractivity contribution in [2.75, 3.05) is 0 Å². The highest BCUT2D eigenvalue weighted by Crippen LogP contribution is 2.47. The van der Waals surface area contributed by atoms with Gasteiger partial charge in [0.15, 0.2) is 5.78 Å². The molecule has 1 fully saturated rings. The van der Waals surface area contributed by atoms with Crippen molar-refractivity contribution in [1.29, 1.82) is 0 Å². The number of ketones is 1. The van der Waals surface area contributed by atoms with Gasteiger partial charge < -0.3 is 5.11 Å². The molecule has 0 atom stereocenters. The molecule has 2 nitrogen and oxygen atoms in total. The fourth-order valence-electron chi connectivity index (χ4n) is 3.30.